The molecule has 1 amide bonds. The second-order valence-corrected chi connectivity index (χ2v) is 12.1. The van der Waals surface area contributed by atoms with Crippen molar-refractivity contribution in [1.82, 2.24) is 10.4 Å². The number of hydrazone groups is 1. The van der Waals surface area contributed by atoms with Crippen molar-refractivity contribution in [2.75, 3.05) is 12.4 Å². The fraction of sp³-hybridized carbons (Fsp3) is 0.0571. The minimum atomic E-state index is -0.331. The molecule has 0 atom stereocenters. The van der Waals surface area contributed by atoms with Crippen molar-refractivity contribution in [2.24, 2.45) is 5.10 Å². The van der Waals surface area contributed by atoms with Gasteiger partial charge < -0.3 is 14.8 Å². The summed E-state index contributed by atoms with van der Waals surface area (Å²) in [6, 6.07) is 32.8. The van der Waals surface area contributed by atoms with Crippen molar-refractivity contribution >= 4 is 72.6 Å². The number of benzene rings is 5. The lowest BCUT2D eigenvalue weighted by atomic mass is 10.1. The maximum atomic E-state index is 12.7. The summed E-state index contributed by atoms with van der Waals surface area (Å²) in [5.41, 5.74) is 7.44. The predicted octanol–water partition coefficient (Wildman–Crippen LogP) is 9.47. The molecule has 6 aromatic rings. The van der Waals surface area contributed by atoms with Crippen LogP contribution in [0.4, 0.5) is 10.8 Å². The molecule has 0 saturated heterocycles. The smallest absolute Gasteiger partial charge is 0.271 e. The lowest BCUT2D eigenvalue weighted by Gasteiger charge is -2.14. The number of carbonyl (C=O) groups excluding carboxylic acids is 1. The summed E-state index contributed by atoms with van der Waals surface area (Å²) in [4.78, 5) is 17.4. The van der Waals surface area contributed by atoms with Gasteiger partial charge in [0.05, 0.1) is 23.5 Å². The number of aromatic nitrogens is 1. The van der Waals surface area contributed by atoms with E-state index in [0.29, 0.717) is 33.2 Å². The summed E-state index contributed by atoms with van der Waals surface area (Å²) >= 11 is 11.0. The van der Waals surface area contributed by atoms with Crippen molar-refractivity contribution < 1.29 is 14.3 Å². The molecule has 0 spiro atoms. The van der Waals surface area contributed by atoms with Crippen molar-refractivity contribution in [3.63, 3.8) is 0 Å². The Bertz CT molecular complexity index is 2000. The first-order valence-electron chi connectivity index (χ1n) is 13.8. The van der Waals surface area contributed by atoms with Crippen LogP contribution < -0.4 is 20.2 Å². The minimum Gasteiger partial charge on any atom is -0.493 e. The monoisotopic (exact) mass is 696 g/mol. The number of amides is 1. The molecule has 0 aliphatic rings. The van der Waals surface area contributed by atoms with Gasteiger partial charge in [-0.1, -0.05) is 60.1 Å². The molecule has 6 rings (SSSR count). The van der Waals surface area contributed by atoms with Gasteiger partial charge in [0.25, 0.3) is 5.91 Å². The van der Waals surface area contributed by atoms with Gasteiger partial charge in [-0.3, -0.25) is 4.79 Å². The molecule has 0 fully saturated rings. The molecule has 5 aromatic carbocycles. The number of anilines is 2. The third-order valence-corrected chi connectivity index (χ3v) is 8.47. The summed E-state index contributed by atoms with van der Waals surface area (Å²) in [5, 5.41) is 13.2. The second-order valence-electron chi connectivity index (χ2n) is 9.95. The zero-order chi connectivity index (χ0) is 31.2. The molecule has 224 valence electrons. The molecular weight excluding hydrogens is 672 g/mol. The molecular formula is C35H26BrClN4O3S. The zero-order valence-corrected chi connectivity index (χ0v) is 27.1. The number of hydrogen-bond acceptors (Lipinski definition) is 7. The Morgan fingerprint density at radius 2 is 1.76 bits per heavy atom. The van der Waals surface area contributed by atoms with Crippen LogP contribution in [0.5, 0.6) is 11.5 Å². The van der Waals surface area contributed by atoms with E-state index in [1.165, 1.54) is 16.7 Å². The Morgan fingerprint density at radius 1 is 0.978 bits per heavy atom. The van der Waals surface area contributed by atoms with Gasteiger partial charge >= 0.3 is 0 Å². The average molecular weight is 698 g/mol. The molecule has 0 aliphatic heterocycles. The van der Waals surface area contributed by atoms with E-state index in [-0.39, 0.29) is 5.91 Å². The SMILES string of the molecule is COc1cc(/C=N\NC(=O)c2ccc(-c3csc(Nc4ccc(Cl)cc4)n3)cc2)cc(Br)c1OCc1ccc2ccccc2c1. The first kappa shape index (κ1) is 30.3. The van der Waals surface area contributed by atoms with E-state index in [4.69, 9.17) is 21.1 Å². The van der Waals surface area contributed by atoms with Crippen LogP contribution in [0.25, 0.3) is 22.0 Å². The second kappa shape index (κ2) is 13.9. The van der Waals surface area contributed by atoms with Crippen molar-refractivity contribution in [3.8, 4) is 22.8 Å². The summed E-state index contributed by atoms with van der Waals surface area (Å²) in [7, 11) is 1.58. The van der Waals surface area contributed by atoms with Gasteiger partial charge in [-0.05, 0) is 92.4 Å². The fourth-order valence-electron chi connectivity index (χ4n) is 4.58. The number of carbonyl (C=O) groups is 1. The number of ether oxygens (including phenoxy) is 2. The first-order valence-corrected chi connectivity index (χ1v) is 15.9. The van der Waals surface area contributed by atoms with Crippen molar-refractivity contribution in [2.45, 2.75) is 6.61 Å². The summed E-state index contributed by atoms with van der Waals surface area (Å²) in [6.45, 7) is 0.381. The number of hydrogen-bond donors (Lipinski definition) is 2. The molecule has 2 N–H and O–H groups in total. The van der Waals surface area contributed by atoms with Gasteiger partial charge in [0, 0.05) is 27.2 Å². The van der Waals surface area contributed by atoms with E-state index in [2.05, 4.69) is 67.1 Å². The van der Waals surface area contributed by atoms with Crippen molar-refractivity contribution in [3.05, 3.63) is 135 Å². The highest BCUT2D eigenvalue weighted by Gasteiger charge is 2.13. The zero-order valence-electron chi connectivity index (χ0n) is 24.0. The summed E-state index contributed by atoms with van der Waals surface area (Å²) < 4.78 is 12.4. The number of fused-ring (bicyclic) bond motifs is 1. The van der Waals surface area contributed by atoms with Crippen LogP contribution in [0.3, 0.4) is 0 Å². The maximum absolute atomic E-state index is 12.7. The quantitative estimate of drug-likeness (QED) is 0.110. The third-order valence-electron chi connectivity index (χ3n) is 6.87. The number of rotatable bonds is 10. The van der Waals surface area contributed by atoms with Gasteiger partial charge in [-0.25, -0.2) is 10.4 Å². The number of nitrogens with zero attached hydrogens (tertiary/aromatic N) is 2. The Morgan fingerprint density at radius 3 is 2.53 bits per heavy atom. The highest BCUT2D eigenvalue weighted by molar-refractivity contribution is 9.10. The Labute approximate surface area is 277 Å². The molecule has 7 nitrogen and oxygen atoms in total. The standard InChI is InChI=1S/C35H26BrClN4O3S/c1-43-32-18-23(17-30(36)33(32)44-20-22-6-7-24-4-2-3-5-27(24)16-22)19-38-41-34(42)26-10-8-25(9-11-26)31-21-45-35(40-31)39-29-14-12-28(37)13-15-29/h2-19,21H,20H2,1H3,(H,39,40)(H,41,42)/b38-19-. The van der Waals surface area contributed by atoms with Gasteiger partial charge in [0.2, 0.25) is 0 Å². The molecule has 1 aromatic heterocycles. The maximum Gasteiger partial charge on any atom is 0.271 e. The minimum absolute atomic E-state index is 0.331. The number of methoxy groups -OCH3 is 1. The van der Waals surface area contributed by atoms with Crippen LogP contribution in [-0.2, 0) is 6.61 Å². The molecule has 1 heterocycles. The van der Waals surface area contributed by atoms with Crippen LogP contribution in [0.2, 0.25) is 5.02 Å². The van der Waals surface area contributed by atoms with Crippen LogP contribution in [0, 0.1) is 0 Å². The third kappa shape index (κ3) is 7.51. The lowest BCUT2D eigenvalue weighted by molar-refractivity contribution is 0.0955. The Balaban J connectivity index is 1.06. The van der Waals surface area contributed by atoms with Crippen LogP contribution in [-0.4, -0.2) is 24.2 Å². The van der Waals surface area contributed by atoms with Crippen molar-refractivity contribution in [1.29, 1.82) is 0 Å². The van der Waals surface area contributed by atoms with Crippen LogP contribution >= 0.6 is 38.9 Å². The topological polar surface area (TPSA) is 84.8 Å². The molecule has 45 heavy (non-hydrogen) atoms. The Hall–Kier alpha value is -4.70. The molecule has 10 heteroatoms. The molecule has 0 saturated carbocycles. The van der Waals surface area contributed by atoms with E-state index in [1.807, 2.05) is 60.0 Å². The van der Waals surface area contributed by atoms with Gasteiger partial charge in [0.1, 0.15) is 6.61 Å². The van der Waals surface area contributed by atoms with Gasteiger partial charge in [-0.15, -0.1) is 11.3 Å². The normalized spacial score (nSPS) is 11.1. The van der Waals surface area contributed by atoms with E-state index in [1.54, 1.807) is 31.5 Å². The highest BCUT2D eigenvalue weighted by atomic mass is 79.9. The Kier molecular flexibility index (Phi) is 9.40. The van der Waals surface area contributed by atoms with E-state index >= 15 is 0 Å². The molecule has 0 unspecified atom stereocenters. The first-order chi connectivity index (χ1) is 21.9. The molecule has 0 bridgehead atoms. The predicted molar refractivity (Wildman–Crippen MR) is 186 cm³/mol. The fourth-order valence-corrected chi connectivity index (χ4v) is 6.02. The molecule has 0 radical (unpaired) electrons. The highest BCUT2D eigenvalue weighted by Crippen LogP contribution is 2.37. The van der Waals surface area contributed by atoms with Gasteiger partial charge in [0.15, 0.2) is 16.6 Å². The number of thiazole rings is 1. The van der Waals surface area contributed by atoms with Crippen LogP contribution in [0.1, 0.15) is 21.5 Å². The van der Waals surface area contributed by atoms with E-state index < -0.39 is 0 Å². The summed E-state index contributed by atoms with van der Waals surface area (Å²) in [6.07, 6.45) is 1.55. The van der Waals surface area contributed by atoms with Gasteiger partial charge in [-0.2, -0.15) is 5.10 Å². The average Bonchev–Trinajstić information content (AvgIpc) is 3.53. The van der Waals surface area contributed by atoms with E-state index in [0.717, 1.165) is 38.6 Å². The summed E-state index contributed by atoms with van der Waals surface area (Å²) in [5.74, 6) is 0.796. The molecule has 0 aliphatic carbocycles. The van der Waals surface area contributed by atoms with Crippen LogP contribution in [0.15, 0.2) is 118 Å². The lowest BCUT2D eigenvalue weighted by Crippen LogP contribution is -2.17. The van der Waals surface area contributed by atoms with E-state index in [9.17, 15) is 4.79 Å². The number of nitrogens with one attached hydrogen (secondary N) is 2. The largest absolute Gasteiger partial charge is 0.493 e. The number of halogens is 2.